The zero-order chi connectivity index (χ0) is 19.8. The maximum Gasteiger partial charge on any atom is 0.262 e. The van der Waals surface area contributed by atoms with Crippen LogP contribution in [-0.2, 0) is 17.9 Å². The summed E-state index contributed by atoms with van der Waals surface area (Å²) in [5.74, 6) is -0.0534. The maximum atomic E-state index is 12.9. The Morgan fingerprint density at radius 3 is 2.54 bits per heavy atom. The van der Waals surface area contributed by atoms with Gasteiger partial charge < -0.3 is 10.1 Å². The zero-order valence-electron chi connectivity index (χ0n) is 14.9. The average Bonchev–Trinajstić information content (AvgIpc) is 3.24. The van der Waals surface area contributed by atoms with Crippen LogP contribution >= 0.6 is 11.3 Å². The highest BCUT2D eigenvalue weighted by atomic mass is 32.1. The molecule has 0 atom stereocenters. The van der Waals surface area contributed by atoms with Gasteiger partial charge in [0, 0.05) is 4.88 Å². The van der Waals surface area contributed by atoms with Gasteiger partial charge in [-0.25, -0.2) is 4.39 Å². The number of ether oxygens (including phenoxy) is 1. The highest BCUT2D eigenvalue weighted by Crippen LogP contribution is 2.17. The van der Waals surface area contributed by atoms with Gasteiger partial charge in [-0.15, -0.1) is 11.3 Å². The zero-order valence-corrected chi connectivity index (χ0v) is 15.7. The molecule has 3 rings (SSSR count). The number of rotatable bonds is 7. The molecule has 0 unspecified atom stereocenters. The van der Waals surface area contributed by atoms with Crippen molar-refractivity contribution in [3.05, 3.63) is 93.4 Å². The van der Waals surface area contributed by atoms with E-state index in [9.17, 15) is 14.4 Å². The van der Waals surface area contributed by atoms with Crippen molar-refractivity contribution in [2.75, 3.05) is 0 Å². The Balaban J connectivity index is 1.58. The number of nitrogens with zero attached hydrogens (tertiary/aromatic N) is 1. The standard InChI is InChI=1S/C22H17FN2O2S/c23-19-7-3-17(4-8-19)15-27-20-9-5-16(6-10-20)12-18(13-24)22(26)25-14-21-2-1-11-28-21/h1-12H,14-15H2,(H,25,26)/b18-12-. The Morgan fingerprint density at radius 2 is 1.89 bits per heavy atom. The van der Waals surface area contributed by atoms with Crippen molar-refractivity contribution in [1.29, 1.82) is 5.26 Å². The summed E-state index contributed by atoms with van der Waals surface area (Å²) in [6.07, 6.45) is 1.54. The first kappa shape index (κ1) is 19.3. The molecule has 0 spiro atoms. The summed E-state index contributed by atoms with van der Waals surface area (Å²) < 4.78 is 18.6. The van der Waals surface area contributed by atoms with E-state index in [2.05, 4.69) is 5.32 Å². The molecule has 0 saturated heterocycles. The van der Waals surface area contributed by atoms with Crippen LogP contribution in [-0.4, -0.2) is 5.91 Å². The van der Waals surface area contributed by atoms with E-state index in [1.54, 1.807) is 47.7 Å². The Kier molecular flexibility index (Phi) is 6.55. The van der Waals surface area contributed by atoms with E-state index in [-0.39, 0.29) is 11.4 Å². The van der Waals surface area contributed by atoms with Crippen molar-refractivity contribution in [2.45, 2.75) is 13.2 Å². The van der Waals surface area contributed by atoms with E-state index in [1.807, 2.05) is 23.6 Å². The topological polar surface area (TPSA) is 62.1 Å². The van der Waals surface area contributed by atoms with Crippen LogP contribution in [0.2, 0.25) is 0 Å². The Bertz CT molecular complexity index is 989. The number of carbonyl (C=O) groups excluding carboxylic acids is 1. The highest BCUT2D eigenvalue weighted by Gasteiger charge is 2.09. The lowest BCUT2D eigenvalue weighted by atomic mass is 10.1. The summed E-state index contributed by atoms with van der Waals surface area (Å²) in [6.45, 7) is 0.718. The van der Waals surface area contributed by atoms with Gasteiger partial charge in [0.1, 0.15) is 29.8 Å². The van der Waals surface area contributed by atoms with Crippen LogP contribution in [0.1, 0.15) is 16.0 Å². The number of nitriles is 1. The molecule has 1 amide bonds. The normalized spacial score (nSPS) is 10.9. The molecular formula is C22H17FN2O2S. The van der Waals surface area contributed by atoms with Gasteiger partial charge in [0.2, 0.25) is 0 Å². The van der Waals surface area contributed by atoms with Gasteiger partial charge in [-0.05, 0) is 52.9 Å². The minimum atomic E-state index is -0.410. The first-order valence-corrected chi connectivity index (χ1v) is 9.42. The molecule has 4 nitrogen and oxygen atoms in total. The number of hydrogen-bond donors (Lipinski definition) is 1. The van der Waals surface area contributed by atoms with Crippen LogP contribution in [0.25, 0.3) is 6.08 Å². The predicted molar refractivity (Wildman–Crippen MR) is 107 cm³/mol. The maximum absolute atomic E-state index is 12.9. The second-order valence-electron chi connectivity index (χ2n) is 5.92. The first-order chi connectivity index (χ1) is 13.6. The Labute approximate surface area is 166 Å². The summed E-state index contributed by atoms with van der Waals surface area (Å²) in [5, 5.41) is 13.9. The van der Waals surface area contributed by atoms with E-state index in [1.165, 1.54) is 18.2 Å². The number of hydrogen-bond acceptors (Lipinski definition) is 4. The minimum absolute atomic E-state index is 0.0385. The molecule has 0 aliphatic rings. The van der Waals surface area contributed by atoms with Gasteiger partial charge in [0.15, 0.2) is 0 Å². The van der Waals surface area contributed by atoms with Crippen LogP contribution in [0.3, 0.4) is 0 Å². The number of carbonyl (C=O) groups is 1. The van der Waals surface area contributed by atoms with Gasteiger partial charge in [-0.1, -0.05) is 30.3 Å². The van der Waals surface area contributed by atoms with Crippen LogP contribution in [0.4, 0.5) is 4.39 Å². The molecule has 0 saturated carbocycles. The second kappa shape index (κ2) is 9.49. The van der Waals surface area contributed by atoms with Gasteiger partial charge in [-0.3, -0.25) is 4.79 Å². The van der Waals surface area contributed by atoms with E-state index in [4.69, 9.17) is 4.74 Å². The lowest BCUT2D eigenvalue weighted by Crippen LogP contribution is -2.23. The number of thiophene rings is 1. The fourth-order valence-corrected chi connectivity index (χ4v) is 3.04. The van der Waals surface area contributed by atoms with E-state index >= 15 is 0 Å². The van der Waals surface area contributed by atoms with E-state index < -0.39 is 5.91 Å². The van der Waals surface area contributed by atoms with Gasteiger partial charge in [0.25, 0.3) is 5.91 Å². The van der Waals surface area contributed by atoms with Crippen LogP contribution in [0.15, 0.2) is 71.6 Å². The molecule has 1 aromatic heterocycles. The highest BCUT2D eigenvalue weighted by molar-refractivity contribution is 7.09. The van der Waals surface area contributed by atoms with Crippen molar-refractivity contribution in [1.82, 2.24) is 5.32 Å². The molecule has 3 aromatic rings. The molecule has 1 N–H and O–H groups in total. The van der Waals surface area contributed by atoms with Crippen molar-refractivity contribution in [2.24, 2.45) is 0 Å². The molecular weight excluding hydrogens is 375 g/mol. The lowest BCUT2D eigenvalue weighted by molar-refractivity contribution is -0.117. The van der Waals surface area contributed by atoms with Crippen molar-refractivity contribution in [3.63, 3.8) is 0 Å². The van der Waals surface area contributed by atoms with E-state index in [0.29, 0.717) is 18.9 Å². The first-order valence-electron chi connectivity index (χ1n) is 8.54. The molecule has 0 aliphatic heterocycles. The van der Waals surface area contributed by atoms with Gasteiger partial charge in [-0.2, -0.15) is 5.26 Å². The number of amides is 1. The number of nitrogens with one attached hydrogen (secondary N) is 1. The second-order valence-corrected chi connectivity index (χ2v) is 6.95. The molecule has 1 heterocycles. The fraction of sp³-hybridized carbons (Fsp3) is 0.0909. The third-order valence-corrected chi connectivity index (χ3v) is 4.75. The summed E-state index contributed by atoms with van der Waals surface area (Å²) in [5.41, 5.74) is 1.62. The van der Waals surface area contributed by atoms with Gasteiger partial charge >= 0.3 is 0 Å². The summed E-state index contributed by atoms with van der Waals surface area (Å²) in [7, 11) is 0. The number of benzene rings is 2. The third kappa shape index (κ3) is 5.53. The van der Waals surface area contributed by atoms with Gasteiger partial charge in [0.05, 0.1) is 6.54 Å². The summed E-state index contributed by atoms with van der Waals surface area (Å²) in [6, 6.07) is 18.9. The molecule has 0 radical (unpaired) electrons. The molecule has 0 aliphatic carbocycles. The average molecular weight is 392 g/mol. The van der Waals surface area contributed by atoms with Crippen molar-refractivity contribution >= 4 is 23.3 Å². The molecule has 140 valence electrons. The van der Waals surface area contributed by atoms with Crippen molar-refractivity contribution in [3.8, 4) is 11.8 Å². The SMILES string of the molecule is N#C/C(=C/c1ccc(OCc2ccc(F)cc2)cc1)C(=O)NCc1cccs1. The van der Waals surface area contributed by atoms with Crippen LogP contribution in [0, 0.1) is 17.1 Å². The van der Waals surface area contributed by atoms with Crippen molar-refractivity contribution < 1.29 is 13.9 Å². The largest absolute Gasteiger partial charge is 0.489 e. The Morgan fingerprint density at radius 1 is 1.14 bits per heavy atom. The molecule has 0 bridgehead atoms. The molecule has 2 aromatic carbocycles. The Hall–Kier alpha value is -3.43. The minimum Gasteiger partial charge on any atom is -0.489 e. The molecule has 0 fully saturated rings. The molecule has 28 heavy (non-hydrogen) atoms. The lowest BCUT2D eigenvalue weighted by Gasteiger charge is -2.07. The fourth-order valence-electron chi connectivity index (χ4n) is 2.40. The third-order valence-electron chi connectivity index (χ3n) is 3.88. The van der Waals surface area contributed by atoms with Crippen LogP contribution < -0.4 is 10.1 Å². The predicted octanol–water partition coefficient (Wildman–Crippen LogP) is 4.69. The van der Waals surface area contributed by atoms with E-state index in [0.717, 1.165) is 16.0 Å². The number of halogens is 1. The summed E-state index contributed by atoms with van der Waals surface area (Å²) >= 11 is 1.54. The summed E-state index contributed by atoms with van der Waals surface area (Å²) in [4.78, 5) is 13.2. The molecule has 6 heteroatoms. The van der Waals surface area contributed by atoms with Crippen LogP contribution in [0.5, 0.6) is 5.75 Å². The smallest absolute Gasteiger partial charge is 0.262 e. The monoisotopic (exact) mass is 392 g/mol. The quantitative estimate of drug-likeness (QED) is 0.469.